The third-order valence-corrected chi connectivity index (χ3v) is 3.92. The summed E-state index contributed by atoms with van der Waals surface area (Å²) in [4.78, 5) is 27.7. The van der Waals surface area contributed by atoms with Crippen LogP contribution in [0, 0.1) is 5.82 Å². The zero-order valence-electron chi connectivity index (χ0n) is 15.1. The first-order chi connectivity index (χ1) is 11.6. The van der Waals surface area contributed by atoms with Crippen molar-refractivity contribution in [3.63, 3.8) is 0 Å². The maximum Gasteiger partial charge on any atom is 0.410 e. The van der Waals surface area contributed by atoms with Crippen LogP contribution in [0.2, 0.25) is 0 Å². The van der Waals surface area contributed by atoms with Gasteiger partial charge >= 0.3 is 6.09 Å². The Hall–Kier alpha value is -2.15. The summed E-state index contributed by atoms with van der Waals surface area (Å²) in [5.41, 5.74) is -0.157. The normalized spacial score (nSPS) is 16.6. The topological polar surface area (TPSA) is 70.1 Å². The molecule has 0 aromatic heterocycles. The van der Waals surface area contributed by atoms with Crippen molar-refractivity contribution in [3.05, 3.63) is 35.1 Å². The van der Waals surface area contributed by atoms with Gasteiger partial charge in [0.1, 0.15) is 11.4 Å². The fourth-order valence-electron chi connectivity index (χ4n) is 2.56. The highest BCUT2D eigenvalue weighted by atomic mass is 19.1. The van der Waals surface area contributed by atoms with Gasteiger partial charge in [0.25, 0.3) is 5.91 Å². The maximum atomic E-state index is 14.0. The van der Waals surface area contributed by atoms with Crippen molar-refractivity contribution >= 4 is 12.0 Å². The third kappa shape index (κ3) is 4.92. The standard InChI is InChI=1S/C18H25FN2O4/c1-12(22)13-5-6-15(19)14(11-13)16(23)20-7-9-21(10-8-20)17(24)25-18(2,3)4/h5-6,11-12,22H,7-10H2,1-4H3. The molecule has 0 saturated carbocycles. The van der Waals surface area contributed by atoms with Gasteiger partial charge in [-0.1, -0.05) is 6.07 Å². The predicted molar refractivity (Wildman–Crippen MR) is 90.7 cm³/mol. The Morgan fingerprint density at radius 2 is 1.72 bits per heavy atom. The minimum Gasteiger partial charge on any atom is -0.444 e. The average molecular weight is 352 g/mol. The van der Waals surface area contributed by atoms with Crippen LogP contribution in [0.1, 0.15) is 49.7 Å². The fourth-order valence-corrected chi connectivity index (χ4v) is 2.56. The Kier molecular flexibility index (Phi) is 5.67. The highest BCUT2D eigenvalue weighted by Crippen LogP contribution is 2.19. The number of benzene rings is 1. The van der Waals surface area contributed by atoms with Gasteiger partial charge in [0.15, 0.2) is 0 Å². The summed E-state index contributed by atoms with van der Waals surface area (Å²) < 4.78 is 19.3. The number of carbonyl (C=O) groups is 2. The Labute approximate surface area is 147 Å². The average Bonchev–Trinajstić information content (AvgIpc) is 2.53. The molecular formula is C18H25FN2O4. The number of hydrogen-bond acceptors (Lipinski definition) is 4. The molecule has 0 aliphatic carbocycles. The number of aliphatic hydroxyl groups excluding tert-OH is 1. The van der Waals surface area contributed by atoms with Gasteiger partial charge < -0.3 is 19.6 Å². The maximum absolute atomic E-state index is 14.0. The lowest BCUT2D eigenvalue weighted by atomic mass is 10.1. The van der Waals surface area contributed by atoms with E-state index in [0.717, 1.165) is 0 Å². The van der Waals surface area contributed by atoms with Crippen LogP contribution in [0.3, 0.4) is 0 Å². The first-order valence-electron chi connectivity index (χ1n) is 8.33. The van der Waals surface area contributed by atoms with Crippen LogP contribution in [0.15, 0.2) is 18.2 Å². The van der Waals surface area contributed by atoms with E-state index in [1.807, 2.05) is 0 Å². The number of amides is 2. The van der Waals surface area contributed by atoms with Crippen LogP contribution in [-0.4, -0.2) is 58.7 Å². The zero-order valence-corrected chi connectivity index (χ0v) is 15.1. The first kappa shape index (κ1) is 19.2. The van der Waals surface area contributed by atoms with Crippen molar-refractivity contribution in [2.45, 2.75) is 39.4 Å². The van der Waals surface area contributed by atoms with E-state index in [4.69, 9.17) is 4.74 Å². The summed E-state index contributed by atoms with van der Waals surface area (Å²) in [5.74, 6) is -1.06. The second-order valence-electron chi connectivity index (χ2n) is 7.17. The quantitative estimate of drug-likeness (QED) is 0.888. The second-order valence-corrected chi connectivity index (χ2v) is 7.17. The smallest absolute Gasteiger partial charge is 0.410 e. The monoisotopic (exact) mass is 352 g/mol. The molecule has 1 N–H and O–H groups in total. The number of ether oxygens (including phenoxy) is 1. The molecule has 1 heterocycles. The largest absolute Gasteiger partial charge is 0.444 e. The van der Waals surface area contributed by atoms with E-state index in [1.165, 1.54) is 28.0 Å². The van der Waals surface area contributed by atoms with E-state index < -0.39 is 29.5 Å². The molecule has 2 amide bonds. The van der Waals surface area contributed by atoms with Crippen molar-refractivity contribution < 1.29 is 23.8 Å². The molecule has 1 aromatic rings. The number of aliphatic hydroxyl groups is 1. The van der Waals surface area contributed by atoms with Gasteiger partial charge in [0.2, 0.25) is 0 Å². The van der Waals surface area contributed by atoms with E-state index in [0.29, 0.717) is 31.7 Å². The second kappa shape index (κ2) is 7.39. The molecule has 0 bridgehead atoms. The van der Waals surface area contributed by atoms with Crippen LogP contribution in [0.4, 0.5) is 9.18 Å². The summed E-state index contributed by atoms with van der Waals surface area (Å²) in [6.45, 7) is 8.21. The summed E-state index contributed by atoms with van der Waals surface area (Å²) in [6, 6.07) is 4.02. The molecule has 1 atom stereocenters. The summed E-state index contributed by atoms with van der Waals surface area (Å²) in [6.07, 6.45) is -1.20. The molecule has 1 unspecified atom stereocenters. The van der Waals surface area contributed by atoms with E-state index >= 15 is 0 Å². The lowest BCUT2D eigenvalue weighted by molar-refractivity contribution is 0.0140. The Morgan fingerprint density at radius 1 is 1.16 bits per heavy atom. The van der Waals surface area contributed by atoms with Crippen LogP contribution in [0.5, 0.6) is 0 Å². The lowest BCUT2D eigenvalue weighted by Gasteiger charge is -2.35. The third-order valence-electron chi connectivity index (χ3n) is 3.92. The predicted octanol–water partition coefficient (Wildman–Crippen LogP) is 2.57. The van der Waals surface area contributed by atoms with Crippen LogP contribution < -0.4 is 0 Å². The summed E-state index contributed by atoms with van der Waals surface area (Å²) in [7, 11) is 0. The van der Waals surface area contributed by atoms with Gasteiger partial charge in [0.05, 0.1) is 11.7 Å². The SMILES string of the molecule is CC(O)c1ccc(F)c(C(=O)N2CCN(C(=O)OC(C)(C)C)CC2)c1. The molecule has 1 aliphatic rings. The van der Waals surface area contributed by atoms with Crippen molar-refractivity contribution in [1.29, 1.82) is 0 Å². The molecule has 138 valence electrons. The van der Waals surface area contributed by atoms with Gasteiger partial charge in [-0.3, -0.25) is 4.79 Å². The van der Waals surface area contributed by atoms with Crippen LogP contribution in [-0.2, 0) is 4.74 Å². The number of nitrogens with zero attached hydrogens (tertiary/aromatic N) is 2. The molecular weight excluding hydrogens is 327 g/mol. The molecule has 1 aromatic carbocycles. The number of hydrogen-bond donors (Lipinski definition) is 1. The Balaban J connectivity index is 2.02. The molecule has 1 saturated heterocycles. The molecule has 1 fully saturated rings. The summed E-state index contributed by atoms with van der Waals surface area (Å²) in [5, 5.41) is 9.61. The lowest BCUT2D eigenvalue weighted by Crippen LogP contribution is -2.51. The van der Waals surface area contributed by atoms with Crippen molar-refractivity contribution in [3.8, 4) is 0 Å². The molecule has 6 nitrogen and oxygen atoms in total. The van der Waals surface area contributed by atoms with Crippen LogP contribution in [0.25, 0.3) is 0 Å². The van der Waals surface area contributed by atoms with E-state index in [1.54, 1.807) is 27.7 Å². The van der Waals surface area contributed by atoms with Crippen molar-refractivity contribution in [2.75, 3.05) is 26.2 Å². The highest BCUT2D eigenvalue weighted by molar-refractivity contribution is 5.94. The minimum atomic E-state index is -0.781. The van der Waals surface area contributed by atoms with Gasteiger partial charge in [-0.2, -0.15) is 0 Å². The van der Waals surface area contributed by atoms with Gasteiger partial charge in [0, 0.05) is 26.2 Å². The van der Waals surface area contributed by atoms with E-state index in [-0.39, 0.29) is 5.56 Å². The number of rotatable bonds is 2. The molecule has 0 spiro atoms. The van der Waals surface area contributed by atoms with Gasteiger partial charge in [-0.15, -0.1) is 0 Å². The first-order valence-corrected chi connectivity index (χ1v) is 8.33. The summed E-state index contributed by atoms with van der Waals surface area (Å²) >= 11 is 0. The van der Waals surface area contributed by atoms with E-state index in [9.17, 15) is 19.1 Å². The Bertz CT molecular complexity index is 647. The fraction of sp³-hybridized carbons (Fsp3) is 0.556. The molecule has 2 rings (SSSR count). The Morgan fingerprint density at radius 3 is 2.24 bits per heavy atom. The highest BCUT2D eigenvalue weighted by Gasteiger charge is 2.29. The molecule has 7 heteroatoms. The number of carbonyl (C=O) groups excluding carboxylic acids is 2. The van der Waals surface area contributed by atoms with Crippen molar-refractivity contribution in [2.24, 2.45) is 0 Å². The molecule has 0 radical (unpaired) electrons. The van der Waals surface area contributed by atoms with Crippen molar-refractivity contribution in [1.82, 2.24) is 9.80 Å². The molecule has 25 heavy (non-hydrogen) atoms. The zero-order chi connectivity index (χ0) is 18.8. The number of piperazine rings is 1. The van der Waals surface area contributed by atoms with Gasteiger partial charge in [-0.05, 0) is 45.4 Å². The molecule has 1 aliphatic heterocycles. The van der Waals surface area contributed by atoms with E-state index in [2.05, 4.69) is 0 Å². The minimum absolute atomic E-state index is 0.0656. The van der Waals surface area contributed by atoms with Crippen LogP contribution >= 0.6 is 0 Å². The van der Waals surface area contributed by atoms with Gasteiger partial charge in [-0.25, -0.2) is 9.18 Å². The number of halogens is 1.